The maximum Gasteiger partial charge on any atom is 0.258 e. The highest BCUT2D eigenvalue weighted by molar-refractivity contribution is 7.14. The first-order valence-electron chi connectivity index (χ1n) is 7.76. The van der Waals surface area contributed by atoms with Crippen LogP contribution in [0.4, 0.5) is 0 Å². The molecule has 0 saturated heterocycles. The van der Waals surface area contributed by atoms with Crippen LogP contribution in [-0.4, -0.2) is 5.91 Å². The Morgan fingerprint density at radius 2 is 2.09 bits per heavy atom. The molecule has 0 atom stereocenters. The smallest absolute Gasteiger partial charge is 0.258 e. The second-order valence-electron chi connectivity index (χ2n) is 6.72. The van der Waals surface area contributed by atoms with Gasteiger partial charge in [-0.15, -0.1) is 11.3 Å². The van der Waals surface area contributed by atoms with Crippen LogP contribution in [0.3, 0.4) is 0 Å². The van der Waals surface area contributed by atoms with E-state index in [2.05, 4.69) is 45.9 Å². The van der Waals surface area contributed by atoms with Crippen LogP contribution in [0.2, 0.25) is 0 Å². The third kappa shape index (κ3) is 3.98. The van der Waals surface area contributed by atoms with Crippen molar-refractivity contribution in [3.63, 3.8) is 0 Å². The van der Waals surface area contributed by atoms with Crippen molar-refractivity contribution in [3.8, 4) is 0 Å². The summed E-state index contributed by atoms with van der Waals surface area (Å²) in [6, 6.07) is 3.73. The van der Waals surface area contributed by atoms with E-state index < -0.39 is 0 Å². The van der Waals surface area contributed by atoms with Gasteiger partial charge in [0.05, 0.1) is 4.88 Å². The van der Waals surface area contributed by atoms with E-state index in [1.165, 1.54) is 47.3 Å². The summed E-state index contributed by atoms with van der Waals surface area (Å²) in [6.07, 6.45) is 10.3. The zero-order valence-electron chi connectivity index (χ0n) is 13.9. The average molecular weight is 315 g/mol. The van der Waals surface area contributed by atoms with Gasteiger partial charge in [0.25, 0.3) is 5.91 Å². The van der Waals surface area contributed by atoms with E-state index in [4.69, 9.17) is 5.73 Å². The summed E-state index contributed by atoms with van der Waals surface area (Å²) in [5.74, 6) is -0.359. The number of primary amides is 1. The predicted molar refractivity (Wildman–Crippen MR) is 96.0 cm³/mol. The summed E-state index contributed by atoms with van der Waals surface area (Å²) in [4.78, 5) is 12.8. The fourth-order valence-electron chi connectivity index (χ4n) is 3.06. The van der Waals surface area contributed by atoms with E-state index in [0.29, 0.717) is 4.88 Å². The van der Waals surface area contributed by atoms with Crippen molar-refractivity contribution in [2.24, 2.45) is 11.1 Å². The predicted octanol–water partition coefficient (Wildman–Crippen LogP) is 5.33. The van der Waals surface area contributed by atoms with Gasteiger partial charge in [-0.1, -0.05) is 31.6 Å². The number of hydrogen-bond acceptors (Lipinski definition) is 2. The number of amides is 1. The fraction of sp³-hybridized carbons (Fsp3) is 0.421. The molecule has 22 heavy (non-hydrogen) atoms. The molecule has 0 aliphatic heterocycles. The first-order valence-corrected chi connectivity index (χ1v) is 8.57. The van der Waals surface area contributed by atoms with Gasteiger partial charge >= 0.3 is 0 Å². The summed E-state index contributed by atoms with van der Waals surface area (Å²) in [7, 11) is 0. The van der Waals surface area contributed by atoms with Crippen LogP contribution in [0.25, 0.3) is 6.08 Å². The Labute approximate surface area is 137 Å². The van der Waals surface area contributed by atoms with E-state index in [1.54, 1.807) is 6.07 Å². The normalized spacial score (nSPS) is 19.0. The fourth-order valence-corrected chi connectivity index (χ4v) is 3.93. The van der Waals surface area contributed by atoms with E-state index >= 15 is 0 Å². The molecule has 3 heteroatoms. The minimum atomic E-state index is -0.359. The second-order valence-corrected chi connectivity index (χ2v) is 7.83. The Kier molecular flexibility index (Phi) is 5.07. The lowest BCUT2D eigenvalue weighted by molar-refractivity contribution is 0.100. The van der Waals surface area contributed by atoms with Crippen LogP contribution in [0.5, 0.6) is 0 Å². The summed E-state index contributed by atoms with van der Waals surface area (Å²) in [5.41, 5.74) is 9.71. The van der Waals surface area contributed by atoms with Crippen molar-refractivity contribution in [2.75, 3.05) is 0 Å². The largest absolute Gasteiger partial charge is 0.365 e. The standard InChI is InChI=1S/C19H25NOS/c1-13(12-15-8-10-17(22-15)18(20)21)7-9-16-14(2)6-5-11-19(16,3)4/h7-10,12H,5-6,11H2,1-4H3,(H2,20,21)/b9-7+,13-12+. The van der Waals surface area contributed by atoms with Crippen LogP contribution >= 0.6 is 11.3 Å². The molecule has 1 heterocycles. The Morgan fingerprint density at radius 1 is 1.36 bits per heavy atom. The zero-order valence-corrected chi connectivity index (χ0v) is 14.7. The molecule has 1 amide bonds. The first kappa shape index (κ1) is 16.8. The summed E-state index contributed by atoms with van der Waals surface area (Å²) in [5, 5.41) is 0. The highest BCUT2D eigenvalue weighted by atomic mass is 32.1. The monoisotopic (exact) mass is 315 g/mol. The molecule has 2 rings (SSSR count). The van der Waals surface area contributed by atoms with Gasteiger partial charge in [0.2, 0.25) is 0 Å². The summed E-state index contributed by atoms with van der Waals surface area (Å²) in [6.45, 7) is 8.99. The van der Waals surface area contributed by atoms with Crippen molar-refractivity contribution in [3.05, 3.63) is 50.8 Å². The lowest BCUT2D eigenvalue weighted by atomic mass is 9.72. The second kappa shape index (κ2) is 6.66. The number of nitrogens with two attached hydrogens (primary N) is 1. The number of rotatable bonds is 4. The molecule has 2 N–H and O–H groups in total. The molecule has 1 aromatic heterocycles. The summed E-state index contributed by atoms with van der Waals surface area (Å²) >= 11 is 1.43. The van der Waals surface area contributed by atoms with Gasteiger partial charge in [0, 0.05) is 4.88 Å². The van der Waals surface area contributed by atoms with E-state index in [-0.39, 0.29) is 11.3 Å². The number of carbonyl (C=O) groups excluding carboxylic acids is 1. The summed E-state index contributed by atoms with van der Waals surface area (Å²) < 4.78 is 0. The maximum absolute atomic E-state index is 11.1. The van der Waals surface area contributed by atoms with Crippen LogP contribution < -0.4 is 5.73 Å². The Balaban J connectivity index is 2.18. The molecule has 0 fully saturated rings. The Bertz CT molecular complexity index is 659. The molecule has 0 bridgehead atoms. The molecule has 0 unspecified atom stereocenters. The molecular weight excluding hydrogens is 290 g/mol. The topological polar surface area (TPSA) is 43.1 Å². The number of thiophene rings is 1. The van der Waals surface area contributed by atoms with E-state index in [9.17, 15) is 4.79 Å². The Morgan fingerprint density at radius 3 is 2.68 bits per heavy atom. The minimum Gasteiger partial charge on any atom is -0.365 e. The third-order valence-corrected chi connectivity index (χ3v) is 5.34. The number of hydrogen-bond donors (Lipinski definition) is 1. The molecule has 118 valence electrons. The molecule has 1 aliphatic rings. The molecule has 0 aromatic carbocycles. The third-order valence-electron chi connectivity index (χ3n) is 4.29. The van der Waals surface area contributed by atoms with Crippen molar-refractivity contribution in [1.82, 2.24) is 0 Å². The van der Waals surface area contributed by atoms with Gasteiger partial charge in [-0.25, -0.2) is 0 Å². The van der Waals surface area contributed by atoms with Crippen LogP contribution in [0.15, 0.2) is 41.0 Å². The Hall–Kier alpha value is -1.61. The van der Waals surface area contributed by atoms with Gasteiger partial charge in [-0.2, -0.15) is 0 Å². The molecule has 0 radical (unpaired) electrons. The van der Waals surface area contributed by atoms with E-state index in [1.807, 2.05) is 6.07 Å². The van der Waals surface area contributed by atoms with E-state index in [0.717, 1.165) is 4.88 Å². The molecular formula is C19H25NOS. The van der Waals surface area contributed by atoms with Gasteiger partial charge < -0.3 is 5.73 Å². The molecule has 0 spiro atoms. The maximum atomic E-state index is 11.1. The van der Waals surface area contributed by atoms with Crippen molar-refractivity contribution in [1.29, 1.82) is 0 Å². The highest BCUT2D eigenvalue weighted by Gasteiger charge is 2.26. The van der Waals surface area contributed by atoms with Crippen molar-refractivity contribution < 1.29 is 4.79 Å². The van der Waals surface area contributed by atoms with Gasteiger partial charge in [0.1, 0.15) is 0 Å². The van der Waals surface area contributed by atoms with Crippen LogP contribution in [-0.2, 0) is 0 Å². The molecule has 2 nitrogen and oxygen atoms in total. The molecule has 1 aliphatic carbocycles. The van der Waals surface area contributed by atoms with Gasteiger partial charge in [-0.05, 0) is 67.9 Å². The highest BCUT2D eigenvalue weighted by Crippen LogP contribution is 2.40. The minimum absolute atomic E-state index is 0.265. The lowest BCUT2D eigenvalue weighted by Crippen LogP contribution is -2.19. The number of carbonyl (C=O) groups is 1. The van der Waals surface area contributed by atoms with Crippen LogP contribution in [0, 0.1) is 5.41 Å². The van der Waals surface area contributed by atoms with Crippen molar-refractivity contribution in [2.45, 2.75) is 47.0 Å². The van der Waals surface area contributed by atoms with Crippen molar-refractivity contribution >= 4 is 23.3 Å². The van der Waals surface area contributed by atoms with Gasteiger partial charge in [-0.3, -0.25) is 4.79 Å². The van der Waals surface area contributed by atoms with Gasteiger partial charge in [0.15, 0.2) is 0 Å². The average Bonchev–Trinajstić information content (AvgIpc) is 2.86. The molecule has 0 saturated carbocycles. The molecule has 1 aromatic rings. The SMILES string of the molecule is CC1=C(/C=C/C(C)=C/c2ccc(C(N)=O)s2)C(C)(C)CCC1. The van der Waals surface area contributed by atoms with Crippen LogP contribution in [0.1, 0.15) is 61.5 Å². The number of allylic oxidation sites excluding steroid dienone is 5. The zero-order chi connectivity index (χ0) is 16.3. The first-order chi connectivity index (χ1) is 10.3. The lowest BCUT2D eigenvalue weighted by Gasteiger charge is -2.32. The quantitative estimate of drug-likeness (QED) is 0.749.